The smallest absolute Gasteiger partial charge is 0.387 e. The summed E-state index contributed by atoms with van der Waals surface area (Å²) in [6.07, 6.45) is -2.43. The predicted octanol–water partition coefficient (Wildman–Crippen LogP) is -2.04. The third-order valence-corrected chi connectivity index (χ3v) is 5.04. The van der Waals surface area contributed by atoms with E-state index < -0.39 is 39.0 Å². The SMILES string of the molecule is NCCOCCOCCNc1ncnc2c1ncn2[C@@H]1O[C@H](COP(=O)(O)O)[C@@H](O)[C@H]1O. The number of phosphoric acid groups is 1. The molecule has 0 aliphatic carbocycles. The number of nitrogens with two attached hydrogens (primary N) is 1. The highest BCUT2D eigenvalue weighted by Gasteiger charge is 2.45. The predicted molar refractivity (Wildman–Crippen MR) is 108 cm³/mol. The van der Waals surface area contributed by atoms with Crippen molar-refractivity contribution in [3.8, 4) is 0 Å². The molecular formula is C16H27N6O9P. The Labute approximate surface area is 182 Å². The third-order valence-electron chi connectivity index (χ3n) is 4.55. The van der Waals surface area contributed by atoms with Crippen molar-refractivity contribution in [1.82, 2.24) is 19.5 Å². The summed E-state index contributed by atoms with van der Waals surface area (Å²) in [6, 6.07) is 0. The fourth-order valence-corrected chi connectivity index (χ4v) is 3.42. The van der Waals surface area contributed by atoms with Crippen LogP contribution in [0.1, 0.15) is 6.23 Å². The van der Waals surface area contributed by atoms with Gasteiger partial charge in [-0.25, -0.2) is 19.5 Å². The second kappa shape index (κ2) is 11.4. The van der Waals surface area contributed by atoms with Crippen molar-refractivity contribution in [2.75, 3.05) is 51.4 Å². The second-order valence-corrected chi connectivity index (χ2v) is 8.06. The molecule has 0 amide bonds. The van der Waals surface area contributed by atoms with Crippen LogP contribution in [-0.4, -0.2) is 104 Å². The van der Waals surface area contributed by atoms with E-state index in [-0.39, 0.29) is 0 Å². The summed E-state index contributed by atoms with van der Waals surface area (Å²) in [5, 5.41) is 23.6. The van der Waals surface area contributed by atoms with Crippen molar-refractivity contribution in [2.45, 2.75) is 24.5 Å². The number of rotatable bonds is 13. The average molecular weight is 478 g/mol. The molecule has 0 spiro atoms. The molecule has 3 rings (SSSR count). The highest BCUT2D eigenvalue weighted by Crippen LogP contribution is 2.38. The van der Waals surface area contributed by atoms with E-state index >= 15 is 0 Å². The molecule has 180 valence electrons. The van der Waals surface area contributed by atoms with E-state index in [0.717, 1.165) is 0 Å². The van der Waals surface area contributed by atoms with Gasteiger partial charge in [0, 0.05) is 13.1 Å². The van der Waals surface area contributed by atoms with Crippen LogP contribution in [0.2, 0.25) is 0 Å². The molecule has 1 fully saturated rings. The summed E-state index contributed by atoms with van der Waals surface area (Å²) in [5.41, 5.74) is 6.06. The molecule has 0 unspecified atom stereocenters. The number of phosphoric ester groups is 1. The molecule has 32 heavy (non-hydrogen) atoms. The highest BCUT2D eigenvalue weighted by molar-refractivity contribution is 7.46. The van der Waals surface area contributed by atoms with Crippen molar-refractivity contribution in [3.63, 3.8) is 0 Å². The van der Waals surface area contributed by atoms with Gasteiger partial charge in [0.1, 0.15) is 24.6 Å². The molecule has 1 aliphatic heterocycles. The summed E-state index contributed by atoms with van der Waals surface area (Å²) < 4.78 is 32.9. The number of ether oxygens (including phenoxy) is 3. The maximum Gasteiger partial charge on any atom is 0.469 e. The summed E-state index contributed by atoms with van der Waals surface area (Å²) in [7, 11) is -4.76. The van der Waals surface area contributed by atoms with Gasteiger partial charge in [0.05, 0.1) is 39.4 Å². The van der Waals surface area contributed by atoms with Crippen LogP contribution in [0.4, 0.5) is 5.82 Å². The molecule has 1 aliphatic rings. The van der Waals surface area contributed by atoms with Gasteiger partial charge in [-0.3, -0.25) is 9.09 Å². The molecule has 16 heteroatoms. The third kappa shape index (κ3) is 6.39. The van der Waals surface area contributed by atoms with Crippen LogP contribution in [0.25, 0.3) is 11.2 Å². The molecule has 0 saturated carbocycles. The number of aliphatic hydroxyl groups is 2. The summed E-state index contributed by atoms with van der Waals surface area (Å²) in [4.78, 5) is 30.3. The standard InChI is InChI=1S/C16H27N6O9P/c17-1-3-28-5-6-29-4-2-18-14-11-15(20-8-19-14)22(9-21-11)16-13(24)12(23)10(31-16)7-30-32(25,26)27/h8-10,12-13,16,23-24H,1-7,17H2,(H,18,19,20)(H2,25,26,27)/t10-,12-,13-,16-/m1/s1. The molecule has 0 aromatic carbocycles. The van der Waals surface area contributed by atoms with Crippen molar-refractivity contribution in [3.05, 3.63) is 12.7 Å². The van der Waals surface area contributed by atoms with E-state index in [9.17, 15) is 14.8 Å². The molecule has 0 radical (unpaired) electrons. The molecule has 15 nitrogen and oxygen atoms in total. The van der Waals surface area contributed by atoms with Gasteiger partial charge in [-0.1, -0.05) is 0 Å². The average Bonchev–Trinajstić information content (AvgIpc) is 3.30. The molecule has 0 bridgehead atoms. The largest absolute Gasteiger partial charge is 0.469 e. The quantitative estimate of drug-likeness (QED) is 0.135. The van der Waals surface area contributed by atoms with Crippen LogP contribution < -0.4 is 11.1 Å². The summed E-state index contributed by atoms with van der Waals surface area (Å²) in [5.74, 6) is 0.436. The maximum absolute atomic E-state index is 10.9. The number of anilines is 1. The zero-order valence-electron chi connectivity index (χ0n) is 17.1. The monoisotopic (exact) mass is 478 g/mol. The van der Waals surface area contributed by atoms with Crippen molar-refractivity contribution in [1.29, 1.82) is 0 Å². The molecule has 2 aromatic rings. The van der Waals surface area contributed by atoms with Crippen molar-refractivity contribution >= 4 is 24.8 Å². The Hall–Kier alpha value is -1.78. The zero-order chi connectivity index (χ0) is 23.1. The first-order chi connectivity index (χ1) is 15.3. The van der Waals surface area contributed by atoms with Gasteiger partial charge in [0.2, 0.25) is 0 Å². The van der Waals surface area contributed by atoms with E-state index in [0.29, 0.717) is 56.5 Å². The summed E-state index contributed by atoms with van der Waals surface area (Å²) >= 11 is 0. The fraction of sp³-hybridized carbons (Fsp3) is 0.688. The summed E-state index contributed by atoms with van der Waals surface area (Å²) in [6.45, 7) is 2.06. The number of hydrogen-bond acceptors (Lipinski definition) is 12. The number of aliphatic hydroxyl groups excluding tert-OH is 2. The number of aromatic nitrogens is 4. The fourth-order valence-electron chi connectivity index (χ4n) is 3.08. The Balaban J connectivity index is 1.60. The Morgan fingerprint density at radius 2 is 1.88 bits per heavy atom. The van der Waals surface area contributed by atoms with Crippen molar-refractivity contribution < 1.29 is 43.3 Å². The minimum Gasteiger partial charge on any atom is -0.387 e. The second-order valence-electron chi connectivity index (χ2n) is 6.82. The maximum atomic E-state index is 10.9. The Bertz CT molecular complexity index is 911. The number of imidazole rings is 1. The van der Waals surface area contributed by atoms with Gasteiger partial charge in [-0.05, 0) is 0 Å². The van der Waals surface area contributed by atoms with Crippen LogP contribution in [0.15, 0.2) is 12.7 Å². The first-order valence-corrected chi connectivity index (χ1v) is 11.3. The zero-order valence-corrected chi connectivity index (χ0v) is 18.0. The number of hydrogen-bond donors (Lipinski definition) is 6. The molecular weight excluding hydrogens is 451 g/mol. The van der Waals surface area contributed by atoms with E-state index in [2.05, 4.69) is 24.8 Å². The number of fused-ring (bicyclic) bond motifs is 1. The van der Waals surface area contributed by atoms with Gasteiger partial charge in [0.25, 0.3) is 0 Å². The highest BCUT2D eigenvalue weighted by atomic mass is 31.2. The Kier molecular flexibility index (Phi) is 8.84. The van der Waals surface area contributed by atoms with Crippen LogP contribution in [-0.2, 0) is 23.3 Å². The molecule has 3 heterocycles. The van der Waals surface area contributed by atoms with E-state index in [4.69, 9.17) is 29.7 Å². The lowest BCUT2D eigenvalue weighted by molar-refractivity contribution is -0.0504. The topological polar surface area (TPSA) is 217 Å². The number of nitrogens with one attached hydrogen (secondary N) is 1. The van der Waals surface area contributed by atoms with Gasteiger partial charge in [-0.2, -0.15) is 0 Å². The molecule has 1 saturated heterocycles. The van der Waals surface area contributed by atoms with Crippen LogP contribution in [0.3, 0.4) is 0 Å². The van der Waals surface area contributed by atoms with Crippen LogP contribution in [0.5, 0.6) is 0 Å². The minimum atomic E-state index is -4.76. The lowest BCUT2D eigenvalue weighted by Crippen LogP contribution is -2.33. The van der Waals surface area contributed by atoms with Crippen LogP contribution >= 0.6 is 7.82 Å². The molecule has 7 N–H and O–H groups in total. The number of nitrogens with zero attached hydrogens (tertiary/aromatic N) is 4. The van der Waals surface area contributed by atoms with E-state index in [1.807, 2.05) is 0 Å². The van der Waals surface area contributed by atoms with E-state index in [1.54, 1.807) is 0 Å². The Morgan fingerprint density at radius 1 is 1.12 bits per heavy atom. The van der Waals surface area contributed by atoms with E-state index in [1.165, 1.54) is 17.2 Å². The lowest BCUT2D eigenvalue weighted by atomic mass is 10.1. The van der Waals surface area contributed by atoms with Gasteiger partial charge < -0.3 is 45.3 Å². The van der Waals surface area contributed by atoms with Crippen molar-refractivity contribution in [2.24, 2.45) is 5.73 Å². The molecule has 2 aromatic heterocycles. The van der Waals surface area contributed by atoms with Gasteiger partial charge in [-0.15, -0.1) is 0 Å². The first-order valence-electron chi connectivity index (χ1n) is 9.80. The first kappa shape index (κ1) is 24.9. The lowest BCUT2D eigenvalue weighted by Gasteiger charge is -2.16. The molecule has 4 atom stereocenters. The van der Waals surface area contributed by atoms with Crippen LogP contribution in [0, 0.1) is 0 Å². The minimum absolute atomic E-state index is 0.325. The normalized spacial score (nSPS) is 23.8. The Morgan fingerprint density at radius 3 is 2.59 bits per heavy atom. The van der Waals surface area contributed by atoms with Gasteiger partial charge >= 0.3 is 7.82 Å². The van der Waals surface area contributed by atoms with Gasteiger partial charge in [0.15, 0.2) is 23.2 Å².